The lowest BCUT2D eigenvalue weighted by Gasteiger charge is -2.23. The quantitative estimate of drug-likeness (QED) is 0.759. The largest absolute Gasteiger partial charge is 0.347 e. The van der Waals surface area contributed by atoms with E-state index < -0.39 is 0 Å². The molecule has 0 spiro atoms. The molecular formula is C11H15NOS. The van der Waals surface area contributed by atoms with E-state index in [0.29, 0.717) is 0 Å². The molecule has 0 aliphatic carbocycles. The van der Waals surface area contributed by atoms with E-state index in [-0.39, 0.29) is 5.56 Å². The molecule has 0 N–H and O–H groups in total. The van der Waals surface area contributed by atoms with Crippen molar-refractivity contribution in [2.45, 2.75) is 12.5 Å². The zero-order chi connectivity index (χ0) is 9.80. The molecule has 1 atom stereocenters. The van der Waals surface area contributed by atoms with Gasteiger partial charge in [0.25, 0.3) is 0 Å². The maximum atomic E-state index is 5.65. The van der Waals surface area contributed by atoms with Gasteiger partial charge in [-0.25, -0.2) is 0 Å². The van der Waals surface area contributed by atoms with Gasteiger partial charge in [-0.3, -0.25) is 0 Å². The van der Waals surface area contributed by atoms with Gasteiger partial charge in [-0.05, 0) is 17.9 Å². The molecule has 2 nitrogen and oxygen atoms in total. The number of rotatable bonds is 3. The first-order chi connectivity index (χ1) is 6.92. The molecule has 1 aliphatic rings. The second-order valence-electron chi connectivity index (χ2n) is 3.16. The van der Waals surface area contributed by atoms with Gasteiger partial charge in [0.1, 0.15) is 0 Å². The van der Waals surface area contributed by atoms with Gasteiger partial charge in [0.2, 0.25) is 0 Å². The van der Waals surface area contributed by atoms with Crippen LogP contribution in [0, 0.1) is 0 Å². The van der Waals surface area contributed by atoms with Gasteiger partial charge < -0.3 is 9.64 Å². The predicted octanol–water partition coefficient (Wildman–Crippen LogP) is 2.56. The summed E-state index contributed by atoms with van der Waals surface area (Å²) in [5.74, 6) is 1.09. The molecule has 1 aromatic rings. The summed E-state index contributed by atoms with van der Waals surface area (Å²) in [7, 11) is 0. The summed E-state index contributed by atoms with van der Waals surface area (Å²) in [6.45, 7) is 4.00. The molecule has 1 aromatic carbocycles. The predicted molar refractivity (Wildman–Crippen MR) is 61.7 cm³/mol. The molecule has 0 amide bonds. The number of anilines is 1. The minimum atomic E-state index is 0.211. The van der Waals surface area contributed by atoms with Crippen LogP contribution in [0.4, 0.5) is 5.69 Å². The Balaban J connectivity index is 2.10. The number of para-hydroxylation sites is 1. The van der Waals surface area contributed by atoms with Crippen molar-refractivity contribution in [3.63, 3.8) is 0 Å². The minimum absolute atomic E-state index is 0.211. The summed E-state index contributed by atoms with van der Waals surface area (Å²) in [5.41, 5.74) is 1.47. The lowest BCUT2D eigenvalue weighted by molar-refractivity contribution is 0.176. The van der Waals surface area contributed by atoms with Gasteiger partial charge in [0, 0.05) is 12.2 Å². The molecule has 1 saturated heterocycles. The maximum absolute atomic E-state index is 5.65. The van der Waals surface area contributed by atoms with Crippen molar-refractivity contribution < 1.29 is 4.74 Å². The molecule has 0 saturated carbocycles. The molecule has 76 valence electrons. The van der Waals surface area contributed by atoms with E-state index >= 15 is 0 Å². The Hall–Kier alpha value is -0.670. The maximum Gasteiger partial charge on any atom is 0.178 e. The average molecular weight is 209 g/mol. The summed E-state index contributed by atoms with van der Waals surface area (Å²) in [6, 6.07) is 10.5. The number of benzene rings is 1. The normalized spacial score (nSPS) is 21.5. The lowest BCUT2D eigenvalue weighted by atomic mass is 10.3. The zero-order valence-corrected chi connectivity index (χ0v) is 9.17. The van der Waals surface area contributed by atoms with Crippen LogP contribution in [0.1, 0.15) is 6.92 Å². The molecule has 2 rings (SSSR count). The van der Waals surface area contributed by atoms with Crippen molar-refractivity contribution in [2.75, 3.05) is 23.8 Å². The smallest absolute Gasteiger partial charge is 0.178 e. The molecule has 1 fully saturated rings. The van der Waals surface area contributed by atoms with E-state index in [1.807, 2.05) is 17.8 Å². The number of hydrogen-bond acceptors (Lipinski definition) is 3. The second-order valence-corrected chi connectivity index (χ2v) is 4.48. The van der Waals surface area contributed by atoms with Gasteiger partial charge in [-0.2, -0.15) is 0 Å². The Morgan fingerprint density at radius 3 is 2.93 bits per heavy atom. The zero-order valence-electron chi connectivity index (χ0n) is 8.35. The van der Waals surface area contributed by atoms with Gasteiger partial charge in [-0.1, -0.05) is 25.1 Å². The van der Waals surface area contributed by atoms with Crippen molar-refractivity contribution in [1.82, 2.24) is 0 Å². The van der Waals surface area contributed by atoms with Crippen LogP contribution in [-0.2, 0) is 4.74 Å². The first kappa shape index (κ1) is 9.87. The van der Waals surface area contributed by atoms with Crippen LogP contribution in [-0.4, -0.2) is 24.5 Å². The first-order valence-electron chi connectivity index (χ1n) is 4.96. The molecule has 1 heterocycles. The molecule has 0 radical (unpaired) electrons. The van der Waals surface area contributed by atoms with Crippen molar-refractivity contribution in [1.29, 1.82) is 0 Å². The van der Waals surface area contributed by atoms with Crippen LogP contribution < -0.4 is 4.90 Å². The summed E-state index contributed by atoms with van der Waals surface area (Å²) in [4.78, 5) is 2.31. The van der Waals surface area contributed by atoms with E-state index in [9.17, 15) is 0 Å². The Kier molecular flexibility index (Phi) is 3.32. The summed E-state index contributed by atoms with van der Waals surface area (Å²) >= 11 is 1.85. The number of ether oxygens (including phenoxy) is 1. The fraction of sp³-hybridized carbons (Fsp3) is 0.455. The number of hydrogen-bond donors (Lipinski definition) is 0. The summed E-state index contributed by atoms with van der Waals surface area (Å²) < 4.78 is 5.65. The van der Waals surface area contributed by atoms with E-state index in [2.05, 4.69) is 36.1 Å². The van der Waals surface area contributed by atoms with Crippen LogP contribution in [0.2, 0.25) is 0 Å². The van der Waals surface area contributed by atoms with Gasteiger partial charge in [-0.15, -0.1) is 11.8 Å². The SMILES string of the molecule is CCSC1OCCN1c1ccccc1. The van der Waals surface area contributed by atoms with Gasteiger partial charge in [0.05, 0.1) is 6.61 Å². The van der Waals surface area contributed by atoms with Gasteiger partial charge >= 0.3 is 0 Å². The van der Waals surface area contributed by atoms with Crippen molar-refractivity contribution in [2.24, 2.45) is 0 Å². The molecule has 3 heteroatoms. The second kappa shape index (κ2) is 4.71. The molecule has 1 unspecified atom stereocenters. The van der Waals surface area contributed by atoms with E-state index in [1.54, 1.807) is 0 Å². The third kappa shape index (κ3) is 2.04. The highest BCUT2D eigenvalue weighted by atomic mass is 32.2. The molecular weight excluding hydrogens is 194 g/mol. The van der Waals surface area contributed by atoms with Gasteiger partial charge in [0.15, 0.2) is 5.56 Å². The Labute approximate surface area is 89.2 Å². The highest BCUT2D eigenvalue weighted by Gasteiger charge is 2.24. The topological polar surface area (TPSA) is 12.5 Å². The standard InChI is InChI=1S/C11H15NOS/c1-2-14-11-12(8-9-13-11)10-6-4-3-5-7-10/h3-7,11H,2,8-9H2,1H3. The van der Waals surface area contributed by atoms with Crippen LogP contribution in [0.5, 0.6) is 0 Å². The van der Waals surface area contributed by atoms with Crippen molar-refractivity contribution >= 4 is 17.4 Å². The van der Waals surface area contributed by atoms with Crippen molar-refractivity contribution in [3.05, 3.63) is 30.3 Å². The van der Waals surface area contributed by atoms with Crippen LogP contribution >= 0.6 is 11.8 Å². The lowest BCUT2D eigenvalue weighted by Crippen LogP contribution is -2.27. The molecule has 1 aliphatic heterocycles. The van der Waals surface area contributed by atoms with Crippen LogP contribution in [0.25, 0.3) is 0 Å². The molecule has 0 bridgehead atoms. The molecule has 0 aromatic heterocycles. The highest BCUT2D eigenvalue weighted by Crippen LogP contribution is 2.27. The van der Waals surface area contributed by atoms with Crippen LogP contribution in [0.3, 0.4) is 0 Å². The van der Waals surface area contributed by atoms with E-state index in [0.717, 1.165) is 18.9 Å². The minimum Gasteiger partial charge on any atom is -0.347 e. The third-order valence-electron chi connectivity index (χ3n) is 2.24. The monoisotopic (exact) mass is 209 g/mol. The first-order valence-corrected chi connectivity index (χ1v) is 6.01. The third-order valence-corrected chi connectivity index (χ3v) is 3.25. The van der Waals surface area contributed by atoms with E-state index in [1.165, 1.54) is 5.69 Å². The Morgan fingerprint density at radius 2 is 2.21 bits per heavy atom. The average Bonchev–Trinajstić information content (AvgIpc) is 2.68. The summed E-state index contributed by atoms with van der Waals surface area (Å²) in [6.07, 6.45) is 0. The highest BCUT2D eigenvalue weighted by molar-refractivity contribution is 7.99. The van der Waals surface area contributed by atoms with Crippen molar-refractivity contribution in [3.8, 4) is 0 Å². The number of thioether (sulfide) groups is 1. The Bertz CT molecular complexity index is 278. The van der Waals surface area contributed by atoms with E-state index in [4.69, 9.17) is 4.74 Å². The summed E-state index contributed by atoms with van der Waals surface area (Å²) in [5, 5.41) is 0. The molecule has 14 heavy (non-hydrogen) atoms. The Morgan fingerprint density at radius 1 is 1.43 bits per heavy atom. The number of nitrogens with zero attached hydrogens (tertiary/aromatic N) is 1. The fourth-order valence-corrected chi connectivity index (χ4v) is 2.48. The fourth-order valence-electron chi connectivity index (χ4n) is 1.60. The van der Waals surface area contributed by atoms with Crippen LogP contribution in [0.15, 0.2) is 30.3 Å².